The highest BCUT2D eigenvalue weighted by atomic mass is 16.2. The van der Waals surface area contributed by atoms with Gasteiger partial charge in [0.25, 0.3) is 0 Å². The Morgan fingerprint density at radius 1 is 1.50 bits per heavy atom. The summed E-state index contributed by atoms with van der Waals surface area (Å²) in [6, 6.07) is 0.197. The molecular formula is C12H25N3O. The Morgan fingerprint density at radius 3 is 2.44 bits per heavy atom. The first kappa shape index (κ1) is 13.5. The maximum Gasteiger partial charge on any atom is 0.225 e. The second-order valence-corrected chi connectivity index (χ2v) is 5.81. The van der Waals surface area contributed by atoms with Crippen molar-refractivity contribution >= 4 is 5.91 Å². The predicted octanol–water partition coefficient (Wildman–Crippen LogP) is 0.298. The van der Waals surface area contributed by atoms with Gasteiger partial charge in [0.1, 0.15) is 0 Å². The third-order valence-electron chi connectivity index (χ3n) is 3.41. The van der Waals surface area contributed by atoms with Crippen molar-refractivity contribution in [3.63, 3.8) is 0 Å². The number of hydrogen-bond acceptors (Lipinski definition) is 3. The van der Waals surface area contributed by atoms with Gasteiger partial charge in [-0.15, -0.1) is 0 Å². The Labute approximate surface area is 98.8 Å². The minimum atomic E-state index is 0.0936. The van der Waals surface area contributed by atoms with Gasteiger partial charge in [0, 0.05) is 25.7 Å². The summed E-state index contributed by atoms with van der Waals surface area (Å²) in [5.74, 6) is 0.371. The van der Waals surface area contributed by atoms with Gasteiger partial charge in [0.15, 0.2) is 0 Å². The fraction of sp³-hybridized carbons (Fsp3) is 0.917. The van der Waals surface area contributed by atoms with E-state index < -0.39 is 0 Å². The third-order valence-corrected chi connectivity index (χ3v) is 3.41. The molecule has 0 aliphatic carbocycles. The zero-order chi connectivity index (χ0) is 12.3. The molecule has 1 fully saturated rings. The summed E-state index contributed by atoms with van der Waals surface area (Å²) in [5.41, 5.74) is 0.0936. The lowest BCUT2D eigenvalue weighted by Gasteiger charge is -2.36. The molecule has 1 unspecified atom stereocenters. The van der Waals surface area contributed by atoms with Crippen molar-refractivity contribution in [2.24, 2.45) is 11.3 Å². The molecular weight excluding hydrogens is 202 g/mol. The molecule has 1 atom stereocenters. The molecule has 1 rings (SSSR count). The Balaban J connectivity index is 2.42. The number of carbonyl (C=O) groups excluding carboxylic acids is 1. The topological polar surface area (TPSA) is 44.4 Å². The molecule has 1 aliphatic heterocycles. The Hall–Kier alpha value is -0.610. The van der Waals surface area contributed by atoms with Gasteiger partial charge >= 0.3 is 0 Å². The van der Waals surface area contributed by atoms with Crippen molar-refractivity contribution in [3.05, 3.63) is 0 Å². The fourth-order valence-electron chi connectivity index (χ4n) is 1.95. The molecule has 0 radical (unpaired) electrons. The minimum absolute atomic E-state index is 0.0936. The van der Waals surface area contributed by atoms with Crippen molar-refractivity contribution in [3.8, 4) is 0 Å². The average Bonchev–Trinajstić information content (AvgIpc) is 1.96. The number of rotatable bonds is 5. The van der Waals surface area contributed by atoms with Crippen LogP contribution in [-0.4, -0.2) is 50.6 Å². The Bertz CT molecular complexity index is 247. The van der Waals surface area contributed by atoms with Crippen LogP contribution in [0, 0.1) is 11.3 Å². The largest absolute Gasteiger partial charge is 0.353 e. The average molecular weight is 227 g/mol. The van der Waals surface area contributed by atoms with Crippen LogP contribution in [-0.2, 0) is 4.79 Å². The summed E-state index contributed by atoms with van der Waals surface area (Å²) < 4.78 is 0. The van der Waals surface area contributed by atoms with Gasteiger partial charge in [-0.1, -0.05) is 13.8 Å². The highest BCUT2D eigenvalue weighted by Crippen LogP contribution is 2.21. The van der Waals surface area contributed by atoms with Crippen LogP contribution >= 0.6 is 0 Å². The lowest BCUT2D eigenvalue weighted by molar-refractivity contribution is -0.127. The molecule has 0 aromatic rings. The first-order valence-corrected chi connectivity index (χ1v) is 5.99. The second-order valence-electron chi connectivity index (χ2n) is 5.81. The van der Waals surface area contributed by atoms with Crippen molar-refractivity contribution in [2.45, 2.75) is 26.8 Å². The van der Waals surface area contributed by atoms with Crippen molar-refractivity contribution < 1.29 is 4.79 Å². The van der Waals surface area contributed by atoms with Gasteiger partial charge in [-0.3, -0.25) is 4.79 Å². The van der Waals surface area contributed by atoms with E-state index in [1.165, 1.54) is 0 Å². The Kier molecular flexibility index (Phi) is 4.33. The lowest BCUT2D eigenvalue weighted by atomic mass is 9.84. The van der Waals surface area contributed by atoms with E-state index in [0.29, 0.717) is 0 Å². The molecule has 1 saturated heterocycles. The van der Waals surface area contributed by atoms with Crippen LogP contribution in [0.5, 0.6) is 0 Å². The van der Waals surface area contributed by atoms with Gasteiger partial charge in [0.05, 0.1) is 5.92 Å². The van der Waals surface area contributed by atoms with Crippen LogP contribution in [0.4, 0.5) is 0 Å². The van der Waals surface area contributed by atoms with E-state index in [4.69, 9.17) is 0 Å². The van der Waals surface area contributed by atoms with Crippen LogP contribution in [0.2, 0.25) is 0 Å². The van der Waals surface area contributed by atoms with E-state index in [2.05, 4.69) is 50.4 Å². The highest BCUT2D eigenvalue weighted by Gasteiger charge is 2.31. The standard InChI is InChI=1S/C12H25N3O/c1-9(12(2,3)8-15(4)5)14-11(16)10-6-13-7-10/h9-10,13H,6-8H2,1-5H3,(H,14,16). The van der Waals surface area contributed by atoms with Crippen LogP contribution in [0.15, 0.2) is 0 Å². The van der Waals surface area contributed by atoms with Gasteiger partial charge in [-0.2, -0.15) is 0 Å². The number of nitrogens with zero attached hydrogens (tertiary/aromatic N) is 1. The number of carbonyl (C=O) groups is 1. The minimum Gasteiger partial charge on any atom is -0.353 e. The van der Waals surface area contributed by atoms with E-state index in [-0.39, 0.29) is 23.3 Å². The number of nitrogens with one attached hydrogen (secondary N) is 2. The smallest absolute Gasteiger partial charge is 0.225 e. The summed E-state index contributed by atoms with van der Waals surface area (Å²) in [7, 11) is 4.12. The number of amides is 1. The van der Waals surface area contributed by atoms with Crippen LogP contribution in [0.3, 0.4) is 0 Å². The van der Waals surface area contributed by atoms with Crippen molar-refractivity contribution in [1.82, 2.24) is 15.5 Å². The highest BCUT2D eigenvalue weighted by molar-refractivity contribution is 5.80. The Morgan fingerprint density at radius 2 is 2.06 bits per heavy atom. The van der Waals surface area contributed by atoms with Gasteiger partial charge in [0.2, 0.25) is 5.91 Å². The van der Waals surface area contributed by atoms with E-state index in [9.17, 15) is 4.79 Å². The molecule has 0 spiro atoms. The molecule has 0 bridgehead atoms. The summed E-state index contributed by atoms with van der Waals surface area (Å²) in [4.78, 5) is 14.0. The number of hydrogen-bond donors (Lipinski definition) is 2. The molecule has 0 aromatic heterocycles. The summed E-state index contributed by atoms with van der Waals surface area (Å²) in [5, 5.41) is 6.24. The van der Waals surface area contributed by atoms with Gasteiger partial charge in [-0.05, 0) is 26.4 Å². The molecule has 0 aromatic carbocycles. The molecule has 16 heavy (non-hydrogen) atoms. The van der Waals surface area contributed by atoms with E-state index in [0.717, 1.165) is 19.6 Å². The second kappa shape index (κ2) is 5.15. The molecule has 1 amide bonds. The van der Waals surface area contributed by atoms with Gasteiger partial charge in [-0.25, -0.2) is 0 Å². The SMILES string of the molecule is CC(NC(=O)C1CNC1)C(C)(C)CN(C)C. The summed E-state index contributed by atoms with van der Waals surface area (Å²) >= 11 is 0. The van der Waals surface area contributed by atoms with Crippen LogP contribution in [0.25, 0.3) is 0 Å². The first-order chi connectivity index (χ1) is 7.33. The third kappa shape index (κ3) is 3.46. The summed E-state index contributed by atoms with van der Waals surface area (Å²) in [6.07, 6.45) is 0. The fourth-order valence-corrected chi connectivity index (χ4v) is 1.95. The van der Waals surface area contributed by atoms with Crippen LogP contribution < -0.4 is 10.6 Å². The van der Waals surface area contributed by atoms with Crippen molar-refractivity contribution in [1.29, 1.82) is 0 Å². The molecule has 4 heteroatoms. The maximum atomic E-state index is 11.8. The monoisotopic (exact) mass is 227 g/mol. The quantitative estimate of drug-likeness (QED) is 0.710. The zero-order valence-corrected chi connectivity index (χ0v) is 11.1. The molecule has 0 saturated carbocycles. The van der Waals surface area contributed by atoms with E-state index >= 15 is 0 Å². The first-order valence-electron chi connectivity index (χ1n) is 5.99. The molecule has 4 nitrogen and oxygen atoms in total. The predicted molar refractivity (Wildman–Crippen MR) is 66.3 cm³/mol. The van der Waals surface area contributed by atoms with E-state index in [1.54, 1.807) is 0 Å². The molecule has 94 valence electrons. The molecule has 1 heterocycles. The molecule has 1 aliphatic rings. The normalized spacial score (nSPS) is 19.4. The summed E-state index contributed by atoms with van der Waals surface area (Å²) in [6.45, 7) is 9.10. The van der Waals surface area contributed by atoms with Crippen molar-refractivity contribution in [2.75, 3.05) is 33.7 Å². The van der Waals surface area contributed by atoms with Gasteiger partial charge < -0.3 is 15.5 Å². The van der Waals surface area contributed by atoms with Crippen LogP contribution in [0.1, 0.15) is 20.8 Å². The zero-order valence-electron chi connectivity index (χ0n) is 11.1. The maximum absolute atomic E-state index is 11.8. The van der Waals surface area contributed by atoms with E-state index in [1.807, 2.05) is 0 Å². The lowest BCUT2D eigenvalue weighted by Crippen LogP contribution is -2.55. The molecule has 2 N–H and O–H groups in total.